The van der Waals surface area contributed by atoms with E-state index in [2.05, 4.69) is 25.2 Å². The zero-order valence-electron chi connectivity index (χ0n) is 9.57. The molecule has 2 N–H and O–H groups in total. The molecule has 0 bridgehead atoms. The molecule has 0 saturated heterocycles. The number of rotatable bonds is 2. The van der Waals surface area contributed by atoms with Gasteiger partial charge in [-0.2, -0.15) is 5.26 Å². The molecule has 1 saturated carbocycles. The molecule has 1 fully saturated rings. The third-order valence-electron chi connectivity index (χ3n) is 3.57. The Labute approximate surface area is 95.7 Å². The third kappa shape index (κ3) is 1.77. The molecule has 1 aliphatic carbocycles. The highest BCUT2D eigenvalue weighted by molar-refractivity contribution is 5.48. The van der Waals surface area contributed by atoms with Crippen molar-refractivity contribution in [1.82, 2.24) is 0 Å². The lowest BCUT2D eigenvalue weighted by Gasteiger charge is -2.49. The predicted octanol–water partition coefficient (Wildman–Crippen LogP) is 2.13. The zero-order chi connectivity index (χ0) is 11.8. The van der Waals surface area contributed by atoms with Crippen LogP contribution in [0.25, 0.3) is 0 Å². The molecule has 0 radical (unpaired) electrons. The van der Waals surface area contributed by atoms with Gasteiger partial charge in [-0.15, -0.1) is 0 Å². The number of nitrogens with one attached hydrogen (secondary N) is 1. The molecule has 1 aromatic carbocycles. The number of aliphatic hydroxyl groups is 1. The number of hydrogen-bond acceptors (Lipinski definition) is 3. The van der Waals surface area contributed by atoms with E-state index in [1.807, 2.05) is 12.1 Å². The molecule has 16 heavy (non-hydrogen) atoms. The van der Waals surface area contributed by atoms with E-state index in [1.54, 1.807) is 12.1 Å². The summed E-state index contributed by atoms with van der Waals surface area (Å²) in [7, 11) is 0. The number of anilines is 1. The Kier molecular flexibility index (Phi) is 2.61. The van der Waals surface area contributed by atoms with Crippen LogP contribution in [-0.2, 0) is 0 Å². The van der Waals surface area contributed by atoms with Gasteiger partial charge in [0.25, 0.3) is 0 Å². The highest BCUT2D eigenvalue weighted by Gasteiger charge is 2.47. The van der Waals surface area contributed by atoms with Gasteiger partial charge in [0.05, 0.1) is 17.7 Å². The van der Waals surface area contributed by atoms with E-state index < -0.39 is 0 Å². The molecular formula is C13H16N2O. The number of nitrogens with zero attached hydrogens (tertiary/aromatic N) is 1. The van der Waals surface area contributed by atoms with E-state index in [0.717, 1.165) is 12.1 Å². The second-order valence-corrected chi connectivity index (χ2v) is 4.96. The van der Waals surface area contributed by atoms with Gasteiger partial charge in [-0.3, -0.25) is 0 Å². The van der Waals surface area contributed by atoms with Gasteiger partial charge < -0.3 is 10.4 Å². The fraction of sp³-hybridized carbons (Fsp3) is 0.462. The fourth-order valence-corrected chi connectivity index (χ4v) is 1.99. The van der Waals surface area contributed by atoms with Crippen molar-refractivity contribution in [2.45, 2.75) is 32.4 Å². The first-order valence-corrected chi connectivity index (χ1v) is 5.49. The summed E-state index contributed by atoms with van der Waals surface area (Å²) in [6.07, 6.45) is 0.566. The van der Waals surface area contributed by atoms with Crippen LogP contribution in [0.5, 0.6) is 0 Å². The van der Waals surface area contributed by atoms with Crippen LogP contribution in [0.2, 0.25) is 0 Å². The summed E-state index contributed by atoms with van der Waals surface area (Å²) in [5.74, 6) is 0. The molecule has 2 rings (SSSR count). The smallest absolute Gasteiger partial charge is 0.0991 e. The molecule has 0 spiro atoms. The van der Waals surface area contributed by atoms with Crippen LogP contribution < -0.4 is 5.32 Å². The van der Waals surface area contributed by atoms with Crippen molar-refractivity contribution in [3.8, 4) is 6.07 Å². The van der Waals surface area contributed by atoms with E-state index in [-0.39, 0.29) is 11.5 Å². The Balaban J connectivity index is 2.03. The van der Waals surface area contributed by atoms with Crippen LogP contribution >= 0.6 is 0 Å². The van der Waals surface area contributed by atoms with Gasteiger partial charge in [-0.25, -0.2) is 0 Å². The Bertz CT molecular complexity index is 417. The zero-order valence-corrected chi connectivity index (χ0v) is 9.57. The number of benzene rings is 1. The SMILES string of the molecule is CC1(C)[C@@H](Nc2ccc(C#N)cc2)C[C@@H]1O. The molecule has 0 heterocycles. The molecule has 0 aliphatic heterocycles. The van der Waals surface area contributed by atoms with E-state index in [4.69, 9.17) is 5.26 Å². The predicted molar refractivity (Wildman–Crippen MR) is 63.0 cm³/mol. The quantitative estimate of drug-likeness (QED) is 0.796. The number of hydrogen-bond donors (Lipinski definition) is 2. The van der Waals surface area contributed by atoms with Crippen molar-refractivity contribution in [2.24, 2.45) is 5.41 Å². The molecule has 2 atom stereocenters. The maximum absolute atomic E-state index is 9.62. The maximum atomic E-state index is 9.62. The van der Waals surface area contributed by atoms with Crippen molar-refractivity contribution in [3.63, 3.8) is 0 Å². The fourth-order valence-electron chi connectivity index (χ4n) is 1.99. The molecular weight excluding hydrogens is 200 g/mol. The Morgan fingerprint density at radius 1 is 1.38 bits per heavy atom. The summed E-state index contributed by atoms with van der Waals surface area (Å²) >= 11 is 0. The molecule has 1 aliphatic rings. The Morgan fingerprint density at radius 3 is 2.44 bits per heavy atom. The van der Waals surface area contributed by atoms with Crippen molar-refractivity contribution in [1.29, 1.82) is 5.26 Å². The average molecular weight is 216 g/mol. The standard InChI is InChI=1S/C13H16N2O/c1-13(2)11(7-12(13)16)15-10-5-3-9(8-14)4-6-10/h3-6,11-12,15-16H,7H2,1-2H3/t11-,12-/m0/s1. The lowest BCUT2D eigenvalue weighted by atomic mass is 9.64. The normalized spacial score (nSPS) is 26.6. The first kappa shape index (κ1) is 11.0. The highest BCUT2D eigenvalue weighted by Crippen LogP contribution is 2.42. The van der Waals surface area contributed by atoms with E-state index in [9.17, 15) is 5.11 Å². The van der Waals surface area contributed by atoms with Gasteiger partial charge in [0.15, 0.2) is 0 Å². The van der Waals surface area contributed by atoms with Crippen LogP contribution in [0.3, 0.4) is 0 Å². The molecule has 1 aromatic rings. The second kappa shape index (κ2) is 3.80. The van der Waals surface area contributed by atoms with Crippen LogP contribution in [0, 0.1) is 16.7 Å². The van der Waals surface area contributed by atoms with E-state index in [1.165, 1.54) is 0 Å². The lowest BCUT2D eigenvalue weighted by Crippen LogP contribution is -2.56. The number of aliphatic hydroxyl groups excluding tert-OH is 1. The lowest BCUT2D eigenvalue weighted by molar-refractivity contribution is -0.0510. The topological polar surface area (TPSA) is 56.0 Å². The van der Waals surface area contributed by atoms with Gasteiger partial charge in [0.1, 0.15) is 0 Å². The Hall–Kier alpha value is -1.53. The van der Waals surface area contributed by atoms with Crippen LogP contribution in [0.4, 0.5) is 5.69 Å². The minimum atomic E-state index is -0.219. The largest absolute Gasteiger partial charge is 0.392 e. The summed E-state index contributed by atoms with van der Waals surface area (Å²) in [6.45, 7) is 4.12. The summed E-state index contributed by atoms with van der Waals surface area (Å²) in [6, 6.07) is 9.79. The monoisotopic (exact) mass is 216 g/mol. The van der Waals surface area contributed by atoms with Gasteiger partial charge in [0, 0.05) is 17.1 Å². The first-order chi connectivity index (χ1) is 7.54. The Morgan fingerprint density at radius 2 is 2.00 bits per heavy atom. The van der Waals surface area contributed by atoms with Crippen molar-refractivity contribution in [2.75, 3.05) is 5.32 Å². The van der Waals surface area contributed by atoms with Crippen molar-refractivity contribution in [3.05, 3.63) is 29.8 Å². The molecule has 0 amide bonds. The minimum absolute atomic E-state index is 0.0755. The second-order valence-electron chi connectivity index (χ2n) is 4.96. The van der Waals surface area contributed by atoms with Crippen molar-refractivity contribution >= 4 is 5.69 Å². The molecule has 84 valence electrons. The van der Waals surface area contributed by atoms with Crippen molar-refractivity contribution < 1.29 is 5.11 Å². The average Bonchev–Trinajstić information content (AvgIpc) is 2.29. The third-order valence-corrected chi connectivity index (χ3v) is 3.57. The summed E-state index contributed by atoms with van der Waals surface area (Å²) in [5, 5.41) is 21.7. The summed E-state index contributed by atoms with van der Waals surface area (Å²) in [5.41, 5.74) is 1.59. The summed E-state index contributed by atoms with van der Waals surface area (Å²) in [4.78, 5) is 0. The molecule has 3 nitrogen and oxygen atoms in total. The molecule has 0 aromatic heterocycles. The van der Waals surface area contributed by atoms with E-state index in [0.29, 0.717) is 11.6 Å². The number of nitriles is 1. The molecule has 0 unspecified atom stereocenters. The van der Waals surface area contributed by atoms with Gasteiger partial charge in [-0.1, -0.05) is 13.8 Å². The van der Waals surface area contributed by atoms with E-state index >= 15 is 0 Å². The van der Waals surface area contributed by atoms with Crippen LogP contribution in [0.1, 0.15) is 25.8 Å². The van der Waals surface area contributed by atoms with Gasteiger partial charge >= 0.3 is 0 Å². The van der Waals surface area contributed by atoms with Crippen LogP contribution in [0.15, 0.2) is 24.3 Å². The van der Waals surface area contributed by atoms with Crippen LogP contribution in [-0.4, -0.2) is 17.3 Å². The maximum Gasteiger partial charge on any atom is 0.0991 e. The molecule has 3 heteroatoms. The minimum Gasteiger partial charge on any atom is -0.392 e. The van der Waals surface area contributed by atoms with Gasteiger partial charge in [0.2, 0.25) is 0 Å². The highest BCUT2D eigenvalue weighted by atomic mass is 16.3. The summed E-state index contributed by atoms with van der Waals surface area (Å²) < 4.78 is 0. The first-order valence-electron chi connectivity index (χ1n) is 5.49. The van der Waals surface area contributed by atoms with Gasteiger partial charge in [-0.05, 0) is 30.7 Å².